The molecule has 0 aliphatic carbocycles. The average Bonchev–Trinajstić information content (AvgIpc) is 3.03. The normalized spacial score (nSPS) is 11.8. The number of amides is 1. The highest BCUT2D eigenvalue weighted by molar-refractivity contribution is 7.16. The van der Waals surface area contributed by atoms with Crippen molar-refractivity contribution >= 4 is 62.0 Å². The second kappa shape index (κ2) is 6.90. The second-order valence-corrected chi connectivity index (χ2v) is 7.92. The van der Waals surface area contributed by atoms with E-state index in [4.69, 9.17) is 29.6 Å². The number of carbonyl (C=O) groups is 1. The minimum Gasteiger partial charge on any atom is -0.305 e. The van der Waals surface area contributed by atoms with Crippen molar-refractivity contribution in [2.24, 2.45) is 4.99 Å². The number of terminal acetylenes is 1. The molecule has 3 nitrogen and oxygen atoms in total. The number of halogens is 2. The molecule has 2 aromatic heterocycles. The van der Waals surface area contributed by atoms with Gasteiger partial charge in [0.15, 0.2) is 4.80 Å². The molecule has 1 amide bonds. The maximum Gasteiger partial charge on any atom is 0.253 e. The van der Waals surface area contributed by atoms with Gasteiger partial charge in [0.25, 0.3) is 5.91 Å². The number of hydrogen-bond acceptors (Lipinski definition) is 3. The monoisotopic (exact) mass is 380 g/mol. The van der Waals surface area contributed by atoms with Crippen molar-refractivity contribution in [3.63, 3.8) is 0 Å². The summed E-state index contributed by atoms with van der Waals surface area (Å²) in [7, 11) is 0. The Hall–Kier alpha value is -1.58. The van der Waals surface area contributed by atoms with Crippen LogP contribution < -0.4 is 4.80 Å². The third-order valence-corrected chi connectivity index (χ3v) is 5.58. The number of nitrogens with zero attached hydrogens (tertiary/aromatic N) is 2. The van der Waals surface area contributed by atoms with Gasteiger partial charge in [-0.15, -0.1) is 17.8 Å². The van der Waals surface area contributed by atoms with Crippen LogP contribution in [0.4, 0.5) is 0 Å². The molecule has 0 bridgehead atoms. The van der Waals surface area contributed by atoms with Gasteiger partial charge in [-0.25, -0.2) is 0 Å². The zero-order chi connectivity index (χ0) is 16.4. The predicted octanol–water partition coefficient (Wildman–Crippen LogP) is 4.37. The number of rotatable bonds is 3. The Morgan fingerprint density at radius 2 is 2.09 bits per heavy atom. The van der Waals surface area contributed by atoms with Crippen LogP contribution in [0.25, 0.3) is 10.2 Å². The van der Waals surface area contributed by atoms with Crippen molar-refractivity contribution in [2.45, 2.75) is 13.0 Å². The molecule has 2 heterocycles. The number of aromatic nitrogens is 1. The lowest BCUT2D eigenvalue weighted by Crippen LogP contribution is -2.16. The Labute approximate surface area is 150 Å². The molecule has 3 rings (SSSR count). The topological polar surface area (TPSA) is 34.4 Å². The van der Waals surface area contributed by atoms with Crippen molar-refractivity contribution in [2.75, 3.05) is 0 Å². The van der Waals surface area contributed by atoms with Gasteiger partial charge in [-0.3, -0.25) is 4.79 Å². The molecule has 0 spiro atoms. The van der Waals surface area contributed by atoms with Crippen molar-refractivity contribution in [1.29, 1.82) is 0 Å². The minimum absolute atomic E-state index is 0.225. The summed E-state index contributed by atoms with van der Waals surface area (Å²) in [6.45, 7) is 0.346. The van der Waals surface area contributed by atoms with Crippen LogP contribution in [0.3, 0.4) is 0 Å². The first-order chi connectivity index (χ1) is 11.1. The summed E-state index contributed by atoms with van der Waals surface area (Å²) >= 11 is 14.7. The molecule has 0 unspecified atom stereocenters. The van der Waals surface area contributed by atoms with Crippen LogP contribution in [0, 0.1) is 12.3 Å². The number of hydrogen-bond donors (Lipinski definition) is 0. The van der Waals surface area contributed by atoms with E-state index in [-0.39, 0.29) is 12.3 Å². The smallest absolute Gasteiger partial charge is 0.253 e. The molecule has 0 radical (unpaired) electrons. The van der Waals surface area contributed by atoms with Gasteiger partial charge in [-0.2, -0.15) is 4.99 Å². The first kappa shape index (κ1) is 16.3. The number of fused-ring (bicyclic) bond motifs is 1. The van der Waals surface area contributed by atoms with E-state index in [1.54, 1.807) is 12.1 Å². The first-order valence-corrected chi connectivity index (χ1v) is 9.00. The van der Waals surface area contributed by atoms with Gasteiger partial charge in [0, 0.05) is 9.90 Å². The summed E-state index contributed by atoms with van der Waals surface area (Å²) in [5.41, 5.74) is 0.920. The van der Waals surface area contributed by atoms with Gasteiger partial charge in [-0.05, 0) is 30.3 Å². The fourth-order valence-electron chi connectivity index (χ4n) is 2.12. The number of thiophene rings is 1. The van der Waals surface area contributed by atoms with Crippen LogP contribution >= 0.6 is 45.9 Å². The molecular formula is C16H10Cl2N2OS2. The lowest BCUT2D eigenvalue weighted by molar-refractivity contribution is -0.117. The largest absolute Gasteiger partial charge is 0.305 e. The Morgan fingerprint density at radius 3 is 2.78 bits per heavy atom. The summed E-state index contributed by atoms with van der Waals surface area (Å²) in [5.74, 6) is 2.36. The van der Waals surface area contributed by atoms with Crippen molar-refractivity contribution in [3.8, 4) is 12.3 Å². The molecule has 0 saturated heterocycles. The lowest BCUT2D eigenvalue weighted by Gasteiger charge is -1.99. The van der Waals surface area contributed by atoms with Crippen LogP contribution in [0.2, 0.25) is 9.36 Å². The number of benzene rings is 1. The summed E-state index contributed by atoms with van der Waals surface area (Å²) in [6, 6.07) is 9.13. The molecule has 0 atom stereocenters. The molecule has 116 valence electrons. The van der Waals surface area contributed by atoms with Crippen molar-refractivity contribution in [1.82, 2.24) is 4.57 Å². The van der Waals surface area contributed by atoms with E-state index in [2.05, 4.69) is 10.9 Å². The van der Waals surface area contributed by atoms with Crippen LogP contribution in [0.1, 0.15) is 4.88 Å². The van der Waals surface area contributed by atoms with Gasteiger partial charge in [-0.1, -0.05) is 40.5 Å². The van der Waals surface area contributed by atoms with E-state index in [1.165, 1.54) is 22.7 Å². The summed E-state index contributed by atoms with van der Waals surface area (Å²) < 4.78 is 3.44. The number of thiazole rings is 1. The summed E-state index contributed by atoms with van der Waals surface area (Å²) in [4.78, 5) is 17.9. The lowest BCUT2D eigenvalue weighted by atomic mass is 10.3. The molecule has 0 saturated carbocycles. The molecule has 0 fully saturated rings. The predicted molar refractivity (Wildman–Crippen MR) is 97.3 cm³/mol. The Bertz CT molecular complexity index is 992. The molecule has 0 N–H and O–H groups in total. The summed E-state index contributed by atoms with van der Waals surface area (Å²) in [6.07, 6.45) is 5.66. The van der Waals surface area contributed by atoms with Crippen LogP contribution in [0.5, 0.6) is 0 Å². The first-order valence-electron chi connectivity index (χ1n) is 6.61. The summed E-state index contributed by atoms with van der Waals surface area (Å²) in [5, 5.41) is 0.637. The fourth-order valence-corrected chi connectivity index (χ4v) is 4.52. The third kappa shape index (κ3) is 3.67. The highest BCUT2D eigenvalue weighted by atomic mass is 35.5. The SMILES string of the molecule is C#CCn1c(=NC(=O)Cc2ccc(Cl)s2)sc2cc(Cl)ccc21. The zero-order valence-corrected chi connectivity index (χ0v) is 14.9. The zero-order valence-electron chi connectivity index (χ0n) is 11.8. The Morgan fingerprint density at radius 1 is 1.26 bits per heavy atom. The van der Waals surface area contributed by atoms with Gasteiger partial charge in [0.1, 0.15) is 0 Å². The van der Waals surface area contributed by atoms with Gasteiger partial charge in [0.05, 0.1) is 27.5 Å². The Balaban J connectivity index is 2.01. The minimum atomic E-state index is -0.230. The maximum absolute atomic E-state index is 12.2. The van der Waals surface area contributed by atoms with Crippen LogP contribution in [-0.2, 0) is 17.8 Å². The Kier molecular flexibility index (Phi) is 4.88. The molecule has 7 heteroatoms. The van der Waals surface area contributed by atoms with E-state index in [0.29, 0.717) is 20.7 Å². The van der Waals surface area contributed by atoms with E-state index in [9.17, 15) is 4.79 Å². The van der Waals surface area contributed by atoms with Crippen LogP contribution in [-0.4, -0.2) is 10.5 Å². The molecule has 23 heavy (non-hydrogen) atoms. The number of carbonyl (C=O) groups excluding carboxylic acids is 1. The van der Waals surface area contributed by atoms with Gasteiger partial charge < -0.3 is 4.57 Å². The highest BCUT2D eigenvalue weighted by Gasteiger charge is 2.09. The molecule has 1 aromatic carbocycles. The average molecular weight is 381 g/mol. The van der Waals surface area contributed by atoms with E-state index in [0.717, 1.165) is 15.1 Å². The van der Waals surface area contributed by atoms with Gasteiger partial charge in [0.2, 0.25) is 0 Å². The van der Waals surface area contributed by atoms with Crippen molar-refractivity contribution < 1.29 is 4.79 Å². The van der Waals surface area contributed by atoms with E-state index < -0.39 is 0 Å². The second-order valence-electron chi connectivity index (χ2n) is 4.68. The molecule has 3 aromatic rings. The quantitative estimate of drug-likeness (QED) is 0.621. The standard InChI is InChI=1S/C16H10Cl2N2OS2/c1-2-7-20-12-5-3-10(17)8-13(12)23-16(20)19-15(21)9-11-4-6-14(18)22-11/h1,3-6,8H,7,9H2. The van der Waals surface area contributed by atoms with Gasteiger partial charge >= 0.3 is 0 Å². The van der Waals surface area contributed by atoms with Crippen LogP contribution in [0.15, 0.2) is 35.3 Å². The van der Waals surface area contributed by atoms with E-state index >= 15 is 0 Å². The van der Waals surface area contributed by atoms with E-state index in [1.807, 2.05) is 22.8 Å². The molecule has 0 aliphatic rings. The molecule has 0 aliphatic heterocycles. The third-order valence-electron chi connectivity index (χ3n) is 3.07. The fraction of sp³-hybridized carbons (Fsp3) is 0.125. The molecular weight excluding hydrogens is 371 g/mol. The highest BCUT2D eigenvalue weighted by Crippen LogP contribution is 2.23. The van der Waals surface area contributed by atoms with Crippen molar-refractivity contribution in [3.05, 3.63) is 49.4 Å². The maximum atomic E-state index is 12.2.